The van der Waals surface area contributed by atoms with E-state index in [4.69, 9.17) is 21.7 Å². The molecule has 0 N–H and O–H groups in total. The Morgan fingerprint density at radius 2 is 1.51 bits per heavy atom. The number of nitrogens with zero attached hydrogens (tertiary/aromatic N) is 5. The van der Waals surface area contributed by atoms with Gasteiger partial charge in [-0.2, -0.15) is 5.10 Å². The number of anilines is 1. The van der Waals surface area contributed by atoms with Crippen molar-refractivity contribution in [3.05, 3.63) is 107 Å². The highest BCUT2D eigenvalue weighted by molar-refractivity contribution is 6.33. The number of rotatable bonds is 4. The van der Waals surface area contributed by atoms with Crippen molar-refractivity contribution >= 4 is 28.8 Å². The minimum Gasteiger partial charge on any atom is -0.368 e. The molecule has 0 unspecified atom stereocenters. The average molecular weight is 508 g/mol. The van der Waals surface area contributed by atoms with Gasteiger partial charge in [0.1, 0.15) is 5.69 Å². The molecule has 0 aliphatic carbocycles. The molecule has 1 amide bonds. The van der Waals surface area contributed by atoms with Gasteiger partial charge in [0.25, 0.3) is 5.91 Å². The van der Waals surface area contributed by atoms with Gasteiger partial charge in [0.05, 0.1) is 11.4 Å². The van der Waals surface area contributed by atoms with E-state index in [2.05, 4.69) is 36.1 Å². The van der Waals surface area contributed by atoms with E-state index in [0.717, 1.165) is 29.9 Å². The average Bonchev–Trinajstić information content (AvgIpc) is 3.38. The monoisotopic (exact) mass is 507 g/mol. The van der Waals surface area contributed by atoms with Crippen molar-refractivity contribution in [1.82, 2.24) is 19.5 Å². The van der Waals surface area contributed by atoms with Crippen LogP contribution in [0.15, 0.2) is 91.0 Å². The Hall–Kier alpha value is -4.16. The molecule has 0 atom stereocenters. The van der Waals surface area contributed by atoms with Gasteiger partial charge in [0.2, 0.25) is 0 Å². The summed E-state index contributed by atoms with van der Waals surface area (Å²) >= 11 is 6.52. The summed E-state index contributed by atoms with van der Waals surface area (Å²) in [6.07, 6.45) is 0. The smallest absolute Gasteiger partial charge is 0.272 e. The van der Waals surface area contributed by atoms with E-state index in [-0.39, 0.29) is 5.91 Å². The number of para-hydroxylation sites is 1. The van der Waals surface area contributed by atoms with Gasteiger partial charge in [-0.1, -0.05) is 78.3 Å². The molecular formula is C30H26ClN5O. The molecule has 3 aromatic carbocycles. The van der Waals surface area contributed by atoms with Crippen LogP contribution in [0.25, 0.3) is 28.2 Å². The summed E-state index contributed by atoms with van der Waals surface area (Å²) in [6.45, 7) is 4.93. The molecule has 184 valence electrons. The molecule has 0 spiro atoms. The van der Waals surface area contributed by atoms with E-state index in [1.807, 2.05) is 71.6 Å². The zero-order valence-electron chi connectivity index (χ0n) is 20.5. The summed E-state index contributed by atoms with van der Waals surface area (Å²) in [5, 5.41) is 5.38. The van der Waals surface area contributed by atoms with Crippen LogP contribution in [0, 0.1) is 6.92 Å². The molecule has 1 saturated heterocycles. The second kappa shape index (κ2) is 9.71. The van der Waals surface area contributed by atoms with Crippen LogP contribution in [0.1, 0.15) is 16.1 Å². The Morgan fingerprint density at radius 3 is 2.27 bits per heavy atom. The number of carbonyl (C=O) groups is 1. The lowest BCUT2D eigenvalue weighted by atomic mass is 10.1. The molecule has 7 heteroatoms. The number of hydrogen-bond acceptors (Lipinski definition) is 4. The van der Waals surface area contributed by atoms with Gasteiger partial charge in [-0.3, -0.25) is 4.79 Å². The van der Waals surface area contributed by atoms with E-state index in [0.29, 0.717) is 35.1 Å². The summed E-state index contributed by atoms with van der Waals surface area (Å²) in [5.41, 5.74) is 6.73. The van der Waals surface area contributed by atoms with Crippen molar-refractivity contribution < 1.29 is 4.79 Å². The third-order valence-corrected chi connectivity index (χ3v) is 7.22. The number of benzene rings is 3. The highest BCUT2D eigenvalue weighted by Crippen LogP contribution is 2.29. The van der Waals surface area contributed by atoms with Crippen molar-refractivity contribution in [2.45, 2.75) is 6.92 Å². The first-order valence-electron chi connectivity index (χ1n) is 12.4. The fourth-order valence-corrected chi connectivity index (χ4v) is 5.15. The molecule has 0 saturated carbocycles. The van der Waals surface area contributed by atoms with Gasteiger partial charge in [-0.25, -0.2) is 9.50 Å². The zero-order valence-corrected chi connectivity index (χ0v) is 21.3. The maximum absolute atomic E-state index is 13.9. The Balaban J connectivity index is 1.38. The largest absolute Gasteiger partial charge is 0.368 e. The Morgan fingerprint density at radius 1 is 0.811 bits per heavy atom. The van der Waals surface area contributed by atoms with Crippen LogP contribution in [0.2, 0.25) is 5.02 Å². The van der Waals surface area contributed by atoms with Crippen LogP contribution in [0.3, 0.4) is 0 Å². The molecule has 5 aromatic rings. The van der Waals surface area contributed by atoms with Crippen LogP contribution in [-0.4, -0.2) is 51.6 Å². The van der Waals surface area contributed by atoms with Crippen molar-refractivity contribution in [2.75, 3.05) is 31.1 Å². The van der Waals surface area contributed by atoms with E-state index in [1.54, 1.807) is 4.52 Å². The maximum atomic E-state index is 13.9. The first-order chi connectivity index (χ1) is 18.1. The number of hydrogen-bond donors (Lipinski definition) is 0. The van der Waals surface area contributed by atoms with Gasteiger partial charge >= 0.3 is 0 Å². The zero-order chi connectivity index (χ0) is 25.4. The molecule has 1 aliphatic rings. The summed E-state index contributed by atoms with van der Waals surface area (Å²) < 4.78 is 1.67. The molecular weight excluding hydrogens is 482 g/mol. The number of halogens is 1. The standard InChI is InChI=1S/C30H26ClN5O/c1-21-9-5-8-14-27(21)34-15-17-35(18-16-34)30(37)28-19-26(23-12-6-7-13-24(23)31)32-29-20-25(33-36(28)29)22-10-3-2-4-11-22/h2-14,19-20H,15-18H2,1H3. The van der Waals surface area contributed by atoms with Crippen molar-refractivity contribution in [1.29, 1.82) is 0 Å². The molecule has 1 fully saturated rings. The van der Waals surface area contributed by atoms with Crippen molar-refractivity contribution in [2.24, 2.45) is 0 Å². The first kappa shape index (κ1) is 23.3. The minimum atomic E-state index is -0.0622. The summed E-state index contributed by atoms with van der Waals surface area (Å²) in [6, 6.07) is 29.6. The van der Waals surface area contributed by atoms with Crippen molar-refractivity contribution in [3.63, 3.8) is 0 Å². The lowest BCUT2D eigenvalue weighted by Crippen LogP contribution is -2.49. The summed E-state index contributed by atoms with van der Waals surface area (Å²) in [5.74, 6) is -0.0622. The lowest BCUT2D eigenvalue weighted by Gasteiger charge is -2.36. The molecule has 3 heterocycles. The molecule has 6 rings (SSSR count). The number of fused-ring (bicyclic) bond motifs is 1. The lowest BCUT2D eigenvalue weighted by molar-refractivity contribution is 0.0738. The maximum Gasteiger partial charge on any atom is 0.272 e. The fraction of sp³-hybridized carbons (Fsp3) is 0.167. The Bertz CT molecular complexity index is 1590. The van der Waals surface area contributed by atoms with Crippen LogP contribution in [0.5, 0.6) is 0 Å². The third-order valence-electron chi connectivity index (χ3n) is 6.89. The molecule has 0 bridgehead atoms. The number of piperazine rings is 1. The number of aryl methyl sites for hydroxylation is 1. The van der Waals surface area contributed by atoms with Gasteiger partial charge < -0.3 is 9.80 Å². The molecule has 1 aliphatic heterocycles. The quantitative estimate of drug-likeness (QED) is 0.300. The van der Waals surface area contributed by atoms with E-state index in [1.165, 1.54) is 11.3 Å². The molecule has 0 radical (unpaired) electrons. The number of aromatic nitrogens is 3. The van der Waals surface area contributed by atoms with E-state index in [9.17, 15) is 4.79 Å². The third kappa shape index (κ3) is 4.45. The predicted molar refractivity (Wildman–Crippen MR) is 148 cm³/mol. The van der Waals surface area contributed by atoms with E-state index < -0.39 is 0 Å². The predicted octanol–water partition coefficient (Wildman–Crippen LogP) is 5.99. The Kier molecular flexibility index (Phi) is 6.10. The molecule has 6 nitrogen and oxygen atoms in total. The van der Waals surface area contributed by atoms with Crippen LogP contribution in [-0.2, 0) is 0 Å². The van der Waals surface area contributed by atoms with Gasteiger partial charge in [0.15, 0.2) is 5.65 Å². The molecule has 2 aromatic heterocycles. The van der Waals surface area contributed by atoms with E-state index >= 15 is 0 Å². The minimum absolute atomic E-state index is 0.0622. The van der Waals surface area contributed by atoms with Crippen LogP contribution < -0.4 is 4.90 Å². The normalized spacial score (nSPS) is 13.8. The van der Waals surface area contributed by atoms with Gasteiger partial charge in [0, 0.05) is 54.1 Å². The van der Waals surface area contributed by atoms with Crippen LogP contribution in [0.4, 0.5) is 5.69 Å². The van der Waals surface area contributed by atoms with Crippen molar-refractivity contribution in [3.8, 4) is 22.5 Å². The topological polar surface area (TPSA) is 53.7 Å². The van der Waals surface area contributed by atoms with Crippen LogP contribution >= 0.6 is 11.6 Å². The number of carbonyl (C=O) groups excluding carboxylic acids is 1. The SMILES string of the molecule is Cc1ccccc1N1CCN(C(=O)c2cc(-c3ccccc3Cl)nc3cc(-c4ccccc4)nn23)CC1. The second-order valence-corrected chi connectivity index (χ2v) is 9.65. The highest BCUT2D eigenvalue weighted by atomic mass is 35.5. The second-order valence-electron chi connectivity index (χ2n) is 9.24. The summed E-state index contributed by atoms with van der Waals surface area (Å²) in [4.78, 5) is 23.0. The Labute approximate surface area is 220 Å². The molecule has 37 heavy (non-hydrogen) atoms. The highest BCUT2D eigenvalue weighted by Gasteiger charge is 2.26. The number of amides is 1. The summed E-state index contributed by atoms with van der Waals surface area (Å²) in [7, 11) is 0. The van der Waals surface area contributed by atoms with Gasteiger partial charge in [-0.15, -0.1) is 0 Å². The first-order valence-corrected chi connectivity index (χ1v) is 12.8. The fourth-order valence-electron chi connectivity index (χ4n) is 4.91. The van der Waals surface area contributed by atoms with Gasteiger partial charge in [-0.05, 0) is 30.7 Å².